The zero-order chi connectivity index (χ0) is 52.3. The summed E-state index contributed by atoms with van der Waals surface area (Å²) in [6.07, 6.45) is 1.18. The Morgan fingerprint density at radius 3 is 2.26 bits per heavy atom. The van der Waals surface area contributed by atoms with Crippen molar-refractivity contribution in [3.63, 3.8) is 0 Å². The van der Waals surface area contributed by atoms with Crippen LogP contribution in [0.4, 0.5) is 8.78 Å². The third-order valence-corrected chi connectivity index (χ3v) is 15.8. The predicted molar refractivity (Wildman–Crippen MR) is 271 cm³/mol. The van der Waals surface area contributed by atoms with E-state index in [2.05, 4.69) is 26.3 Å². The Morgan fingerprint density at radius 1 is 1.00 bits per heavy atom. The summed E-state index contributed by atoms with van der Waals surface area (Å²) in [7, 11) is 0. The van der Waals surface area contributed by atoms with E-state index in [1.54, 1.807) is 35.0 Å². The Kier molecular flexibility index (Phi) is 16.8. The lowest BCUT2D eigenvalue weighted by Crippen LogP contribution is -2.74. The fourth-order valence-electron chi connectivity index (χ4n) is 11.0. The van der Waals surface area contributed by atoms with E-state index in [9.17, 15) is 29.5 Å². The summed E-state index contributed by atoms with van der Waals surface area (Å²) in [6.45, 7) is 15.7. The smallest absolute Gasteiger partial charge is 0.251 e. The van der Waals surface area contributed by atoms with Gasteiger partial charge in [-0.05, 0) is 79.3 Å². The third-order valence-electron chi connectivity index (χ3n) is 14.5. The van der Waals surface area contributed by atoms with Crippen molar-refractivity contribution in [2.75, 3.05) is 26.3 Å². The number of nitrogens with zero attached hydrogens (tertiary/aromatic N) is 3. The first kappa shape index (κ1) is 54.3. The fraction of sp³-hybridized carbons (Fsp3) is 0.519. The number of aliphatic hydroxyl groups excluding tert-OH is 1. The Balaban J connectivity index is 0.832. The quantitative estimate of drug-likeness (QED) is 0.0648. The number of thiazole rings is 1. The van der Waals surface area contributed by atoms with Crippen LogP contribution in [0.3, 0.4) is 0 Å². The van der Waals surface area contributed by atoms with Gasteiger partial charge in [-0.2, -0.15) is 5.26 Å². The Morgan fingerprint density at radius 2 is 1.67 bits per heavy atom. The van der Waals surface area contributed by atoms with Crippen molar-refractivity contribution < 1.29 is 42.5 Å². The normalized spacial score (nSPS) is 22.8. The molecule has 3 aliphatic rings. The van der Waals surface area contributed by atoms with E-state index in [0.29, 0.717) is 43.5 Å². The maximum Gasteiger partial charge on any atom is 0.251 e. The minimum absolute atomic E-state index is 0.0230. The molecular formula is C54H66ClF2N7O7S. The molecule has 0 unspecified atom stereocenters. The number of carbonyl (C=O) groups excluding carboxylic acids is 4. The number of aryl methyl sites for hydroxylation is 1. The largest absolute Gasteiger partial charge is 0.489 e. The first-order valence-electron chi connectivity index (χ1n) is 24.5. The molecule has 18 heteroatoms. The van der Waals surface area contributed by atoms with Crippen molar-refractivity contribution in [2.45, 2.75) is 136 Å². The highest BCUT2D eigenvalue weighted by Crippen LogP contribution is 2.55. The number of amides is 4. The Bertz CT molecular complexity index is 2640. The van der Waals surface area contributed by atoms with Gasteiger partial charge in [0.05, 0.1) is 39.4 Å². The number of β-amino-alcohol motifs (C(OH)–C–C–N with tert-alkyl or cyclic N) is 1. The van der Waals surface area contributed by atoms with Gasteiger partial charge in [0, 0.05) is 66.2 Å². The summed E-state index contributed by atoms with van der Waals surface area (Å²) in [5, 5.41) is 32.2. The van der Waals surface area contributed by atoms with Crippen LogP contribution < -0.4 is 26.0 Å². The monoisotopic (exact) mass is 1030 g/mol. The van der Waals surface area contributed by atoms with Crippen LogP contribution in [-0.2, 0) is 25.7 Å². The van der Waals surface area contributed by atoms with Gasteiger partial charge in [0.2, 0.25) is 17.7 Å². The number of halogens is 3. The zero-order valence-electron chi connectivity index (χ0n) is 42.2. The third kappa shape index (κ3) is 12.1. The summed E-state index contributed by atoms with van der Waals surface area (Å²) in [4.78, 5) is 60.9. The zero-order valence-corrected chi connectivity index (χ0v) is 43.7. The van der Waals surface area contributed by atoms with E-state index in [1.165, 1.54) is 4.90 Å². The second-order valence-electron chi connectivity index (χ2n) is 21.7. The number of rotatable bonds is 17. The van der Waals surface area contributed by atoms with E-state index in [-0.39, 0.29) is 66.9 Å². The van der Waals surface area contributed by atoms with Crippen LogP contribution in [0.1, 0.15) is 119 Å². The van der Waals surface area contributed by atoms with Crippen molar-refractivity contribution in [3.8, 4) is 22.3 Å². The predicted octanol–water partition coefficient (Wildman–Crippen LogP) is 7.98. The number of hydrogen-bond donors (Lipinski definition) is 5. The first-order valence-corrected chi connectivity index (χ1v) is 25.8. The number of aromatic nitrogens is 1. The van der Waals surface area contributed by atoms with Gasteiger partial charge in [-0.15, -0.1) is 11.3 Å². The minimum atomic E-state index is -1.00. The van der Waals surface area contributed by atoms with E-state index < -0.39 is 75.7 Å². The molecule has 5 N–H and O–H groups in total. The average Bonchev–Trinajstić information content (AvgIpc) is 3.95. The van der Waals surface area contributed by atoms with Crippen LogP contribution in [-0.4, -0.2) is 101 Å². The van der Waals surface area contributed by atoms with Gasteiger partial charge in [0.1, 0.15) is 48.2 Å². The van der Waals surface area contributed by atoms with E-state index in [4.69, 9.17) is 21.1 Å². The maximum atomic E-state index is 15.7. The molecule has 0 radical (unpaired) electrons. The highest BCUT2D eigenvalue weighted by atomic mass is 35.5. The van der Waals surface area contributed by atoms with Gasteiger partial charge >= 0.3 is 0 Å². The lowest BCUT2D eigenvalue weighted by atomic mass is 9.49. The molecule has 2 aliphatic carbocycles. The number of carbonyl (C=O) groups is 4. The molecule has 2 heterocycles. The van der Waals surface area contributed by atoms with E-state index in [0.717, 1.165) is 33.8 Å². The molecule has 14 nitrogen and oxygen atoms in total. The summed E-state index contributed by atoms with van der Waals surface area (Å²) < 4.78 is 43.4. The van der Waals surface area contributed by atoms with Gasteiger partial charge in [0.25, 0.3) is 5.91 Å². The highest BCUT2D eigenvalue weighted by molar-refractivity contribution is 7.13. The van der Waals surface area contributed by atoms with Crippen LogP contribution in [0.2, 0.25) is 5.02 Å². The molecule has 0 spiro atoms. The number of hydrogen-bond acceptors (Lipinski definition) is 11. The van der Waals surface area contributed by atoms with Crippen LogP contribution in [0.15, 0.2) is 60.1 Å². The molecule has 3 atom stereocenters. The fourth-order valence-corrected chi connectivity index (χ4v) is 12.0. The van der Waals surface area contributed by atoms with Gasteiger partial charge in [0.15, 0.2) is 0 Å². The minimum Gasteiger partial charge on any atom is -0.489 e. The number of nitrogens with one attached hydrogen (secondary N) is 4. The number of likely N-dealkylation sites (tertiary alicyclic amines) is 1. The topological polar surface area (TPSA) is 195 Å². The summed E-state index contributed by atoms with van der Waals surface area (Å²) in [5.74, 6) is -3.35. The maximum absolute atomic E-state index is 15.7. The summed E-state index contributed by atoms with van der Waals surface area (Å²) >= 11 is 7.79. The average molecular weight is 1030 g/mol. The van der Waals surface area contributed by atoms with Crippen molar-refractivity contribution in [2.24, 2.45) is 16.2 Å². The van der Waals surface area contributed by atoms with Gasteiger partial charge < -0.3 is 40.7 Å². The van der Waals surface area contributed by atoms with Crippen LogP contribution in [0.25, 0.3) is 10.4 Å². The molecule has 1 aliphatic heterocycles. The Labute approximate surface area is 429 Å². The summed E-state index contributed by atoms with van der Waals surface area (Å²) in [5.41, 5.74) is 3.00. The van der Waals surface area contributed by atoms with Crippen molar-refractivity contribution in [1.29, 1.82) is 5.26 Å². The molecule has 4 aromatic rings. The van der Waals surface area contributed by atoms with Crippen molar-refractivity contribution in [3.05, 3.63) is 105 Å². The van der Waals surface area contributed by atoms with Gasteiger partial charge in [-0.1, -0.05) is 84.3 Å². The lowest BCUT2D eigenvalue weighted by molar-refractivity contribution is -0.164. The number of benzene rings is 3. The molecule has 386 valence electrons. The second-order valence-corrected chi connectivity index (χ2v) is 22.9. The summed E-state index contributed by atoms with van der Waals surface area (Å²) in [6, 6.07) is 14.7. The molecule has 7 rings (SSSR count). The number of aliphatic hydroxyl groups is 1. The molecule has 72 heavy (non-hydrogen) atoms. The number of ether oxygens (including phenoxy) is 2. The van der Waals surface area contributed by atoms with E-state index >= 15 is 8.78 Å². The SMILES string of the molecule is Cc1ncsc1-c1ccc(CNC(=O)[C@@H]2C[C@@H](O)CN2C(=O)[C@@H](NC(=O)COCCNC2CCC(c3c(F)cc(C(=O)NC4C(C)(C)C(Oc5ccc(C#N)c(Cl)c5)C4(C)C)cc3F)CC2)C(C)(C)C)cc1. The molecule has 4 amide bonds. The van der Waals surface area contributed by atoms with Gasteiger partial charge in [-0.25, -0.2) is 13.8 Å². The highest BCUT2D eigenvalue weighted by Gasteiger charge is 2.64. The first-order chi connectivity index (χ1) is 34.0. The molecule has 0 bridgehead atoms. The molecule has 1 saturated heterocycles. The van der Waals surface area contributed by atoms with E-state index in [1.807, 2.05) is 85.7 Å². The molecule has 3 aromatic carbocycles. The van der Waals surface area contributed by atoms with Gasteiger partial charge in [-0.3, -0.25) is 19.2 Å². The standard InChI is InChI=1S/C54H66ClF2N7O7S/c1-30-45(72-29-61-30)33-11-9-31(10-12-33)26-60-48(68)42-23-37(65)27-64(42)49(69)46(52(2,3)4)62-43(66)28-70-20-19-59-36-16-13-32(14-17-36)44-40(56)21-35(22-41(44)57)47(67)63-50-53(5,6)51(54(50,7)8)71-38-18-15-34(25-58)39(55)24-38/h9-12,15,18,21-22,24,29,32,36-37,42,46,50-51,59,65H,13-14,16-17,19-20,23,26-28H2,1-8H3,(H,60,68)(H,62,66)(H,63,67)/t32?,36?,37-,42+,46-,50?,51?/m1/s1. The molecule has 1 aromatic heterocycles. The molecule has 2 saturated carbocycles. The number of nitriles is 1. The molecular weight excluding hydrogens is 964 g/mol. The van der Waals surface area contributed by atoms with Crippen LogP contribution in [0.5, 0.6) is 5.75 Å². The van der Waals surface area contributed by atoms with Crippen LogP contribution >= 0.6 is 22.9 Å². The van der Waals surface area contributed by atoms with Crippen molar-refractivity contribution in [1.82, 2.24) is 31.2 Å². The second kappa shape index (κ2) is 22.3. The van der Waals surface area contributed by atoms with Crippen molar-refractivity contribution >= 4 is 46.6 Å². The molecule has 3 fully saturated rings. The Hall–Kier alpha value is -5.51. The lowest BCUT2D eigenvalue weighted by Gasteiger charge is -2.63. The van der Waals surface area contributed by atoms with Crippen LogP contribution in [0, 0.1) is 46.1 Å².